The van der Waals surface area contributed by atoms with E-state index >= 15 is 0 Å². The van der Waals surface area contributed by atoms with Crippen LogP contribution < -0.4 is 0 Å². The summed E-state index contributed by atoms with van der Waals surface area (Å²) in [5.74, 6) is 0. The lowest BCUT2D eigenvalue weighted by Gasteiger charge is -2.14. The van der Waals surface area contributed by atoms with Crippen molar-refractivity contribution in [2.75, 3.05) is 0 Å². The van der Waals surface area contributed by atoms with Gasteiger partial charge in [-0.2, -0.15) is 18.3 Å². The second kappa shape index (κ2) is 4.24. The third-order valence-electron chi connectivity index (χ3n) is 2.62. The maximum absolute atomic E-state index is 12.6. The second-order valence-corrected chi connectivity index (χ2v) is 3.79. The maximum atomic E-state index is 12.6. The van der Waals surface area contributed by atoms with Crippen LogP contribution in [0.2, 0.25) is 0 Å². The Morgan fingerprint density at radius 2 is 2.00 bits per heavy atom. The number of aromatic nitrogens is 2. The zero-order valence-corrected chi connectivity index (χ0v) is 9.15. The highest BCUT2D eigenvalue weighted by molar-refractivity contribution is 5.28. The van der Waals surface area contributed by atoms with Gasteiger partial charge in [0, 0.05) is 12.4 Å². The number of alkyl halides is 3. The Kier molecular flexibility index (Phi) is 2.92. The van der Waals surface area contributed by atoms with Crippen LogP contribution in [0.25, 0.3) is 0 Å². The number of halogens is 3. The van der Waals surface area contributed by atoms with Crippen LogP contribution in [0.15, 0.2) is 42.7 Å². The van der Waals surface area contributed by atoms with Crippen molar-refractivity contribution in [3.8, 4) is 0 Å². The highest BCUT2D eigenvalue weighted by Gasteiger charge is 2.30. The fourth-order valence-corrected chi connectivity index (χ4v) is 1.64. The molecule has 0 amide bonds. The van der Waals surface area contributed by atoms with Gasteiger partial charge in [-0.25, -0.2) is 0 Å². The predicted molar refractivity (Wildman–Crippen MR) is 57.5 cm³/mol. The first kappa shape index (κ1) is 11.7. The van der Waals surface area contributed by atoms with Crippen LogP contribution in [0.4, 0.5) is 13.2 Å². The molecule has 0 spiro atoms. The summed E-state index contributed by atoms with van der Waals surface area (Å²) < 4.78 is 39.3. The van der Waals surface area contributed by atoms with Gasteiger partial charge in [0.1, 0.15) is 0 Å². The van der Waals surface area contributed by atoms with Crippen molar-refractivity contribution in [1.82, 2.24) is 9.78 Å². The molecule has 90 valence electrons. The average Bonchev–Trinajstić information content (AvgIpc) is 2.80. The van der Waals surface area contributed by atoms with E-state index in [0.717, 1.165) is 12.1 Å². The highest BCUT2D eigenvalue weighted by atomic mass is 19.4. The van der Waals surface area contributed by atoms with E-state index in [9.17, 15) is 13.2 Å². The zero-order chi connectivity index (χ0) is 12.5. The summed E-state index contributed by atoms with van der Waals surface area (Å²) in [6.07, 6.45) is -0.977. The van der Waals surface area contributed by atoms with Crippen molar-refractivity contribution in [3.05, 3.63) is 53.9 Å². The summed E-state index contributed by atoms with van der Waals surface area (Å²) in [5.41, 5.74) is -0.0440. The number of hydrogen-bond acceptors (Lipinski definition) is 1. The van der Waals surface area contributed by atoms with Gasteiger partial charge in [0.15, 0.2) is 0 Å². The second-order valence-electron chi connectivity index (χ2n) is 3.79. The molecule has 17 heavy (non-hydrogen) atoms. The van der Waals surface area contributed by atoms with Crippen molar-refractivity contribution in [2.45, 2.75) is 19.1 Å². The molecule has 2 nitrogen and oxygen atoms in total. The Morgan fingerprint density at radius 3 is 2.59 bits per heavy atom. The minimum absolute atomic E-state index is 0.215. The van der Waals surface area contributed by atoms with Crippen LogP contribution in [0.1, 0.15) is 24.1 Å². The van der Waals surface area contributed by atoms with Gasteiger partial charge in [-0.05, 0) is 30.7 Å². The van der Waals surface area contributed by atoms with E-state index in [2.05, 4.69) is 5.10 Å². The quantitative estimate of drug-likeness (QED) is 0.785. The molecule has 0 N–H and O–H groups in total. The topological polar surface area (TPSA) is 17.8 Å². The molecular weight excluding hydrogens is 229 g/mol. The van der Waals surface area contributed by atoms with E-state index in [1.165, 1.54) is 6.07 Å². The lowest BCUT2D eigenvalue weighted by Crippen LogP contribution is -2.10. The van der Waals surface area contributed by atoms with Gasteiger partial charge in [0.2, 0.25) is 0 Å². The van der Waals surface area contributed by atoms with Crippen LogP contribution in [0, 0.1) is 0 Å². The van der Waals surface area contributed by atoms with E-state index < -0.39 is 11.7 Å². The van der Waals surface area contributed by atoms with Gasteiger partial charge in [0.05, 0.1) is 11.6 Å². The fourth-order valence-electron chi connectivity index (χ4n) is 1.64. The van der Waals surface area contributed by atoms with Crippen LogP contribution in [-0.2, 0) is 6.18 Å². The van der Waals surface area contributed by atoms with E-state index in [1.54, 1.807) is 29.2 Å². The highest BCUT2D eigenvalue weighted by Crippen LogP contribution is 2.31. The van der Waals surface area contributed by atoms with Gasteiger partial charge in [-0.3, -0.25) is 4.68 Å². The van der Waals surface area contributed by atoms with Crippen LogP contribution >= 0.6 is 0 Å². The largest absolute Gasteiger partial charge is 0.416 e. The lowest BCUT2D eigenvalue weighted by molar-refractivity contribution is -0.137. The molecule has 0 aliphatic carbocycles. The Hall–Kier alpha value is -1.78. The number of nitrogens with zero attached hydrogens (tertiary/aromatic N) is 2. The zero-order valence-electron chi connectivity index (χ0n) is 9.15. The van der Waals surface area contributed by atoms with Gasteiger partial charge in [-0.15, -0.1) is 0 Å². The molecule has 2 rings (SSSR count). The molecule has 0 bridgehead atoms. The van der Waals surface area contributed by atoms with Crippen molar-refractivity contribution in [1.29, 1.82) is 0 Å². The monoisotopic (exact) mass is 240 g/mol. The van der Waals surface area contributed by atoms with Crippen molar-refractivity contribution in [3.63, 3.8) is 0 Å². The minimum atomic E-state index is -4.31. The van der Waals surface area contributed by atoms with Gasteiger partial charge in [0.25, 0.3) is 0 Å². The third kappa shape index (κ3) is 2.49. The van der Waals surface area contributed by atoms with Crippen LogP contribution in [-0.4, -0.2) is 9.78 Å². The minimum Gasteiger partial charge on any atom is -0.266 e. The molecule has 2 aromatic rings. The van der Waals surface area contributed by atoms with Crippen molar-refractivity contribution >= 4 is 0 Å². The molecule has 0 aliphatic heterocycles. The average molecular weight is 240 g/mol. The molecule has 1 aromatic carbocycles. The number of hydrogen-bond donors (Lipinski definition) is 0. The Morgan fingerprint density at radius 1 is 1.24 bits per heavy atom. The number of benzene rings is 1. The van der Waals surface area contributed by atoms with E-state index in [-0.39, 0.29) is 6.04 Å². The standard InChI is InChI=1S/C12H11F3N2/c1-9(17-7-3-6-16-17)10-4-2-5-11(8-10)12(13,14)15/h2-9H,1H3/t9-/m1/s1. The molecule has 0 aliphatic rings. The summed E-state index contributed by atoms with van der Waals surface area (Å²) in [4.78, 5) is 0. The van der Waals surface area contributed by atoms with Crippen molar-refractivity contribution < 1.29 is 13.2 Å². The third-order valence-corrected chi connectivity index (χ3v) is 2.62. The molecule has 1 atom stereocenters. The maximum Gasteiger partial charge on any atom is 0.416 e. The first-order chi connectivity index (χ1) is 7.98. The van der Waals surface area contributed by atoms with Crippen LogP contribution in [0.3, 0.4) is 0 Å². The Balaban J connectivity index is 2.34. The molecule has 0 saturated carbocycles. The fraction of sp³-hybridized carbons (Fsp3) is 0.250. The molecule has 0 unspecified atom stereocenters. The molecule has 0 saturated heterocycles. The predicted octanol–water partition coefficient (Wildman–Crippen LogP) is 3.51. The van der Waals surface area contributed by atoms with Gasteiger partial charge >= 0.3 is 6.18 Å². The van der Waals surface area contributed by atoms with E-state index in [4.69, 9.17) is 0 Å². The van der Waals surface area contributed by atoms with E-state index in [0.29, 0.717) is 5.56 Å². The Labute approximate surface area is 96.7 Å². The SMILES string of the molecule is C[C@H](c1cccc(C(F)(F)F)c1)n1cccn1. The van der Waals surface area contributed by atoms with E-state index in [1.807, 2.05) is 6.92 Å². The normalized spacial score (nSPS) is 13.6. The molecule has 1 heterocycles. The molecular formula is C12H11F3N2. The summed E-state index contributed by atoms with van der Waals surface area (Å²) in [6, 6.07) is 6.84. The summed E-state index contributed by atoms with van der Waals surface area (Å²) in [7, 11) is 0. The molecule has 0 fully saturated rings. The summed E-state index contributed by atoms with van der Waals surface area (Å²) in [6.45, 7) is 1.81. The van der Waals surface area contributed by atoms with Crippen LogP contribution in [0.5, 0.6) is 0 Å². The van der Waals surface area contributed by atoms with Gasteiger partial charge < -0.3 is 0 Å². The summed E-state index contributed by atoms with van der Waals surface area (Å²) >= 11 is 0. The lowest BCUT2D eigenvalue weighted by atomic mass is 10.1. The first-order valence-corrected chi connectivity index (χ1v) is 5.15. The summed E-state index contributed by atoms with van der Waals surface area (Å²) in [5, 5.41) is 4.02. The smallest absolute Gasteiger partial charge is 0.266 e. The first-order valence-electron chi connectivity index (χ1n) is 5.15. The molecule has 0 radical (unpaired) electrons. The Bertz CT molecular complexity index is 489. The number of rotatable bonds is 2. The molecule has 1 aromatic heterocycles. The van der Waals surface area contributed by atoms with Gasteiger partial charge in [-0.1, -0.05) is 12.1 Å². The molecule has 5 heteroatoms. The van der Waals surface area contributed by atoms with Crippen molar-refractivity contribution in [2.24, 2.45) is 0 Å².